The third-order valence-corrected chi connectivity index (χ3v) is 3.71. The molecule has 0 N–H and O–H groups in total. The number of piperidine rings is 1. The molecule has 0 aromatic heterocycles. The van der Waals surface area contributed by atoms with Crippen LogP contribution in [0.15, 0.2) is 23.8 Å². The van der Waals surface area contributed by atoms with E-state index >= 15 is 0 Å². The number of thiocarbonyl (C=S) groups is 1. The number of Topliss-reactive ketones (excluding diaryl/α,β-unsaturated/α-hetero) is 1. The number of carbonyl (C=O) groups is 2. The quantitative estimate of drug-likeness (QED) is 0.579. The van der Waals surface area contributed by atoms with Crippen LogP contribution in [0.25, 0.3) is 0 Å². The summed E-state index contributed by atoms with van der Waals surface area (Å²) in [6, 6.07) is 0. The Morgan fingerprint density at radius 2 is 1.94 bits per heavy atom. The predicted octanol–water partition coefficient (Wildman–Crippen LogP) is 2.21. The van der Waals surface area contributed by atoms with E-state index in [4.69, 9.17) is 12.2 Å². The lowest BCUT2D eigenvalue weighted by Gasteiger charge is -2.26. The van der Waals surface area contributed by atoms with Gasteiger partial charge in [-0.2, -0.15) is 0 Å². The van der Waals surface area contributed by atoms with E-state index in [1.54, 1.807) is 11.0 Å². The summed E-state index contributed by atoms with van der Waals surface area (Å²) >= 11 is 5.15. The highest BCUT2D eigenvalue weighted by Crippen LogP contribution is 2.15. The fourth-order valence-corrected chi connectivity index (χ4v) is 2.56. The van der Waals surface area contributed by atoms with Crippen molar-refractivity contribution in [2.24, 2.45) is 0 Å². The van der Waals surface area contributed by atoms with Crippen molar-refractivity contribution in [3.05, 3.63) is 23.8 Å². The number of hydrogen-bond donors (Lipinski definition) is 0. The van der Waals surface area contributed by atoms with Gasteiger partial charge in [-0.15, -0.1) is 0 Å². The monoisotopic (exact) mass is 263 g/mol. The zero-order chi connectivity index (χ0) is 13.0. The van der Waals surface area contributed by atoms with Gasteiger partial charge >= 0.3 is 0 Å². The first-order chi connectivity index (χ1) is 8.68. The van der Waals surface area contributed by atoms with E-state index in [1.807, 2.05) is 12.2 Å². The molecule has 0 bridgehead atoms. The number of carbonyl (C=O) groups excluding carboxylic acids is 2. The van der Waals surface area contributed by atoms with Crippen molar-refractivity contribution in [2.45, 2.75) is 32.1 Å². The molecule has 1 saturated heterocycles. The number of likely N-dealkylation sites (tertiary alicyclic amines) is 1. The molecule has 0 unspecified atom stereocenters. The molecule has 1 fully saturated rings. The zero-order valence-corrected chi connectivity index (χ0v) is 11.2. The van der Waals surface area contributed by atoms with Gasteiger partial charge in [0.25, 0.3) is 0 Å². The summed E-state index contributed by atoms with van der Waals surface area (Å²) < 4.78 is 0. The van der Waals surface area contributed by atoms with Gasteiger partial charge in [-0.25, -0.2) is 0 Å². The number of amides is 1. The van der Waals surface area contributed by atoms with Crippen molar-refractivity contribution >= 4 is 28.8 Å². The van der Waals surface area contributed by atoms with Crippen molar-refractivity contribution in [2.75, 3.05) is 13.1 Å². The first-order valence-corrected chi connectivity index (χ1v) is 6.80. The Hall–Kier alpha value is -1.29. The highest BCUT2D eigenvalue weighted by Gasteiger charge is 2.22. The lowest BCUT2D eigenvalue weighted by atomic mass is 9.98. The predicted molar refractivity (Wildman–Crippen MR) is 74.5 cm³/mol. The van der Waals surface area contributed by atoms with Crippen LogP contribution in [0, 0.1) is 0 Å². The van der Waals surface area contributed by atoms with Crippen LogP contribution in [-0.4, -0.2) is 34.5 Å². The first kappa shape index (κ1) is 13.1. The molecular weight excluding hydrogens is 246 g/mol. The Morgan fingerprint density at radius 1 is 1.22 bits per heavy atom. The van der Waals surface area contributed by atoms with Crippen LogP contribution in [0.1, 0.15) is 32.1 Å². The third kappa shape index (κ3) is 3.13. The molecule has 0 spiro atoms. The van der Waals surface area contributed by atoms with Crippen molar-refractivity contribution in [1.29, 1.82) is 0 Å². The number of nitrogens with zero attached hydrogens (tertiary/aromatic N) is 1. The van der Waals surface area contributed by atoms with Crippen molar-refractivity contribution in [3.63, 3.8) is 0 Å². The summed E-state index contributed by atoms with van der Waals surface area (Å²) in [7, 11) is 0. The summed E-state index contributed by atoms with van der Waals surface area (Å²) in [4.78, 5) is 26.4. The van der Waals surface area contributed by atoms with Crippen LogP contribution >= 0.6 is 12.2 Å². The maximum absolute atomic E-state index is 12.0. The Labute approximate surface area is 113 Å². The molecule has 0 aromatic carbocycles. The Bertz CT molecular complexity index is 431. The molecule has 2 aliphatic rings. The normalized spacial score (nSPS) is 19.7. The number of rotatable bonds is 3. The Kier molecular flexibility index (Phi) is 4.42. The van der Waals surface area contributed by atoms with Gasteiger partial charge < -0.3 is 4.90 Å². The lowest BCUT2D eigenvalue weighted by molar-refractivity contribution is -0.135. The van der Waals surface area contributed by atoms with E-state index in [1.165, 1.54) is 6.42 Å². The average molecular weight is 263 g/mol. The molecule has 1 aliphatic carbocycles. The standard InChI is InChI=1S/C14H17NO2S/c16-12(11-6-2-3-7-13(11)18)10-14(17)15-8-4-1-5-9-15/h2-3,6H,1,4-5,7-10H2. The van der Waals surface area contributed by atoms with Crippen molar-refractivity contribution < 1.29 is 9.59 Å². The van der Waals surface area contributed by atoms with E-state index in [2.05, 4.69) is 0 Å². The SMILES string of the molecule is O=C(CC(=O)N1CCCCC1)C1=CC=CCC1=S. The van der Waals surface area contributed by atoms with Crippen molar-refractivity contribution in [1.82, 2.24) is 4.90 Å². The molecule has 96 valence electrons. The van der Waals surface area contributed by atoms with Crippen LogP contribution in [0.2, 0.25) is 0 Å². The van der Waals surface area contributed by atoms with Gasteiger partial charge in [0.1, 0.15) is 0 Å². The van der Waals surface area contributed by atoms with Crippen LogP contribution in [-0.2, 0) is 9.59 Å². The van der Waals surface area contributed by atoms with Crippen LogP contribution in [0.4, 0.5) is 0 Å². The molecule has 1 heterocycles. The van der Waals surface area contributed by atoms with Gasteiger partial charge in [-0.05, 0) is 19.3 Å². The zero-order valence-electron chi connectivity index (χ0n) is 10.4. The Balaban J connectivity index is 1.94. The molecule has 0 saturated carbocycles. The second-order valence-corrected chi connectivity index (χ2v) is 5.17. The molecule has 4 heteroatoms. The van der Waals surface area contributed by atoms with E-state index in [0.29, 0.717) is 16.9 Å². The first-order valence-electron chi connectivity index (χ1n) is 6.39. The largest absolute Gasteiger partial charge is 0.342 e. The highest BCUT2D eigenvalue weighted by atomic mass is 32.1. The molecule has 1 aliphatic heterocycles. The molecule has 3 nitrogen and oxygen atoms in total. The molecule has 1 amide bonds. The smallest absolute Gasteiger partial charge is 0.230 e. The van der Waals surface area contributed by atoms with Gasteiger partial charge in [-0.3, -0.25) is 9.59 Å². The van der Waals surface area contributed by atoms with Crippen LogP contribution < -0.4 is 0 Å². The number of ketones is 1. The second kappa shape index (κ2) is 6.05. The maximum Gasteiger partial charge on any atom is 0.230 e. The lowest BCUT2D eigenvalue weighted by Crippen LogP contribution is -2.37. The minimum absolute atomic E-state index is 0.0419. The highest BCUT2D eigenvalue weighted by molar-refractivity contribution is 7.81. The minimum atomic E-state index is -0.139. The fourth-order valence-electron chi connectivity index (χ4n) is 2.28. The summed E-state index contributed by atoms with van der Waals surface area (Å²) in [6.45, 7) is 1.57. The van der Waals surface area contributed by atoms with E-state index in [0.717, 1.165) is 25.9 Å². The van der Waals surface area contributed by atoms with Crippen LogP contribution in [0.5, 0.6) is 0 Å². The third-order valence-electron chi connectivity index (χ3n) is 3.32. The van der Waals surface area contributed by atoms with Gasteiger partial charge in [0.15, 0.2) is 5.78 Å². The summed E-state index contributed by atoms with van der Waals surface area (Å²) in [5.74, 6) is -0.196. The van der Waals surface area contributed by atoms with E-state index in [-0.39, 0.29) is 18.1 Å². The average Bonchev–Trinajstić information content (AvgIpc) is 2.40. The molecule has 0 radical (unpaired) electrons. The second-order valence-electron chi connectivity index (χ2n) is 4.68. The molecule has 18 heavy (non-hydrogen) atoms. The molecule has 0 aromatic rings. The molecular formula is C14H17NO2S. The summed E-state index contributed by atoms with van der Waals surface area (Å²) in [5.41, 5.74) is 0.540. The van der Waals surface area contributed by atoms with Gasteiger partial charge in [-0.1, -0.05) is 30.4 Å². The maximum atomic E-state index is 12.0. The Morgan fingerprint density at radius 3 is 2.61 bits per heavy atom. The van der Waals surface area contributed by atoms with Crippen LogP contribution in [0.3, 0.4) is 0 Å². The summed E-state index contributed by atoms with van der Waals surface area (Å²) in [6.07, 6.45) is 9.33. The fraction of sp³-hybridized carbons (Fsp3) is 0.500. The number of allylic oxidation sites excluding steroid dienone is 4. The van der Waals surface area contributed by atoms with Gasteiger partial charge in [0.2, 0.25) is 5.91 Å². The van der Waals surface area contributed by atoms with E-state index in [9.17, 15) is 9.59 Å². The topological polar surface area (TPSA) is 37.4 Å². The van der Waals surface area contributed by atoms with Gasteiger partial charge in [0, 0.05) is 29.9 Å². The summed E-state index contributed by atoms with van der Waals surface area (Å²) in [5, 5.41) is 0. The molecule has 0 atom stereocenters. The minimum Gasteiger partial charge on any atom is -0.342 e. The molecule has 2 rings (SSSR count). The van der Waals surface area contributed by atoms with Gasteiger partial charge in [0.05, 0.1) is 6.42 Å². The van der Waals surface area contributed by atoms with Crippen molar-refractivity contribution in [3.8, 4) is 0 Å². The van der Waals surface area contributed by atoms with E-state index < -0.39 is 0 Å². The number of hydrogen-bond acceptors (Lipinski definition) is 3.